The Labute approximate surface area is 184 Å². The number of amides is 2. The van der Waals surface area contributed by atoms with Gasteiger partial charge < -0.3 is 15.3 Å². The van der Waals surface area contributed by atoms with Crippen molar-refractivity contribution in [2.75, 3.05) is 28.6 Å². The number of carbonyl (C=O) groups excluding carboxylic acids is 1. The number of para-hydroxylation sites is 2. The van der Waals surface area contributed by atoms with Crippen LogP contribution in [0.1, 0.15) is 18.2 Å². The lowest BCUT2D eigenvalue weighted by molar-refractivity contribution is -0.118. The van der Waals surface area contributed by atoms with Gasteiger partial charge in [0.1, 0.15) is 23.5 Å². The molecule has 0 unspecified atom stereocenters. The normalized spacial score (nSPS) is 18.1. The number of carboxylic acid groups (broad SMARTS) is 1. The predicted molar refractivity (Wildman–Crippen MR) is 119 cm³/mol. The number of hydrogen-bond acceptors (Lipinski definition) is 7. The first-order valence-electron chi connectivity index (χ1n) is 10.0. The average molecular weight is 431 g/mol. The number of anilines is 3. The molecule has 3 N–H and O–H groups in total. The summed E-state index contributed by atoms with van der Waals surface area (Å²) in [5.74, 6) is 0.0305. The number of benzene rings is 1. The highest BCUT2D eigenvalue weighted by atomic mass is 16.4. The zero-order chi connectivity index (χ0) is 22.8. The van der Waals surface area contributed by atoms with E-state index in [1.54, 1.807) is 13.0 Å². The summed E-state index contributed by atoms with van der Waals surface area (Å²) in [6.45, 7) is 4.54. The van der Waals surface area contributed by atoms with E-state index in [9.17, 15) is 20.0 Å². The average Bonchev–Trinajstić information content (AvgIpc) is 3.41. The van der Waals surface area contributed by atoms with Crippen LogP contribution in [-0.4, -0.2) is 51.1 Å². The maximum Gasteiger partial charge on any atom is 0.408 e. The van der Waals surface area contributed by atoms with Crippen LogP contribution >= 0.6 is 0 Å². The molecule has 2 aliphatic heterocycles. The zero-order valence-corrected chi connectivity index (χ0v) is 17.5. The van der Waals surface area contributed by atoms with E-state index in [-0.39, 0.29) is 12.5 Å². The molecule has 1 aromatic carbocycles. The molecule has 0 radical (unpaired) electrons. The highest BCUT2D eigenvalue weighted by Crippen LogP contribution is 2.38. The van der Waals surface area contributed by atoms with Gasteiger partial charge in [-0.2, -0.15) is 5.26 Å². The van der Waals surface area contributed by atoms with Crippen molar-refractivity contribution < 1.29 is 14.7 Å². The smallest absolute Gasteiger partial charge is 0.408 e. The summed E-state index contributed by atoms with van der Waals surface area (Å²) < 4.78 is 0. The third kappa shape index (κ3) is 3.60. The molecule has 0 saturated carbocycles. The molecule has 0 bridgehead atoms. The largest absolute Gasteiger partial charge is 0.465 e. The number of fused-ring (bicyclic) bond motifs is 1. The second kappa shape index (κ2) is 8.39. The second-order valence-corrected chi connectivity index (χ2v) is 7.24. The van der Waals surface area contributed by atoms with E-state index in [0.717, 1.165) is 16.3 Å². The third-order valence-corrected chi connectivity index (χ3v) is 5.30. The summed E-state index contributed by atoms with van der Waals surface area (Å²) in [6, 6.07) is 9.01. The van der Waals surface area contributed by atoms with Crippen molar-refractivity contribution in [3.05, 3.63) is 59.7 Å². The summed E-state index contributed by atoms with van der Waals surface area (Å²) in [6.07, 6.45) is 3.46. The molecule has 162 valence electrons. The van der Waals surface area contributed by atoms with E-state index in [1.807, 2.05) is 36.1 Å². The van der Waals surface area contributed by atoms with Crippen molar-refractivity contribution in [3.63, 3.8) is 0 Å². The number of nitrogens with zero attached hydrogens (tertiary/aromatic N) is 5. The second-order valence-electron chi connectivity index (χ2n) is 7.24. The minimum absolute atomic E-state index is 0.00634. The van der Waals surface area contributed by atoms with Gasteiger partial charge in [0.15, 0.2) is 0 Å². The third-order valence-electron chi connectivity index (χ3n) is 5.30. The van der Waals surface area contributed by atoms with Crippen LogP contribution in [0.4, 0.5) is 22.1 Å². The molecule has 1 atom stereocenters. The highest BCUT2D eigenvalue weighted by Gasteiger charge is 2.31. The van der Waals surface area contributed by atoms with Crippen LogP contribution in [0.15, 0.2) is 48.4 Å². The monoisotopic (exact) mass is 431 g/mol. The van der Waals surface area contributed by atoms with Gasteiger partial charge in [0, 0.05) is 19.3 Å². The van der Waals surface area contributed by atoms with Crippen molar-refractivity contribution >= 4 is 34.9 Å². The first kappa shape index (κ1) is 20.9. The van der Waals surface area contributed by atoms with Crippen LogP contribution < -0.4 is 15.5 Å². The summed E-state index contributed by atoms with van der Waals surface area (Å²) >= 11 is 0. The van der Waals surface area contributed by atoms with E-state index in [4.69, 9.17) is 0 Å². The number of hydrogen-bond donors (Lipinski definition) is 3. The molecule has 2 aliphatic rings. The van der Waals surface area contributed by atoms with E-state index >= 15 is 0 Å². The topological polar surface area (TPSA) is 134 Å². The molecule has 10 heteroatoms. The van der Waals surface area contributed by atoms with Gasteiger partial charge in [-0.3, -0.25) is 15.0 Å². The maximum absolute atomic E-state index is 12.6. The Morgan fingerprint density at radius 3 is 2.88 bits per heavy atom. The molecule has 0 aliphatic carbocycles. The zero-order valence-electron chi connectivity index (χ0n) is 17.5. The molecule has 0 saturated heterocycles. The fraction of sp³-hybridized carbons (Fsp3) is 0.227. The Morgan fingerprint density at radius 1 is 1.38 bits per heavy atom. The van der Waals surface area contributed by atoms with E-state index in [1.165, 1.54) is 12.3 Å². The minimum Gasteiger partial charge on any atom is -0.465 e. The summed E-state index contributed by atoms with van der Waals surface area (Å²) in [5, 5.41) is 25.1. The quantitative estimate of drug-likeness (QED) is 0.497. The Bertz CT molecular complexity index is 1200. The van der Waals surface area contributed by atoms with Crippen LogP contribution in [0.25, 0.3) is 5.57 Å². The maximum atomic E-state index is 12.6. The highest BCUT2D eigenvalue weighted by molar-refractivity contribution is 5.97. The van der Waals surface area contributed by atoms with Crippen LogP contribution in [0.2, 0.25) is 0 Å². The van der Waals surface area contributed by atoms with Gasteiger partial charge in [0.05, 0.1) is 17.1 Å². The fourth-order valence-electron chi connectivity index (χ4n) is 3.76. The molecule has 3 heterocycles. The SMILES string of the molecule is CCN1/C(=C(\C#N)c2nc(NC(=O)[C@@H]3C=CCN3C(=O)O)ncc2C)Nc2ccccc21. The lowest BCUT2D eigenvalue weighted by Gasteiger charge is -2.21. The summed E-state index contributed by atoms with van der Waals surface area (Å²) in [5.41, 5.74) is 3.20. The van der Waals surface area contributed by atoms with Gasteiger partial charge in [-0.15, -0.1) is 0 Å². The van der Waals surface area contributed by atoms with Crippen LogP contribution in [-0.2, 0) is 4.79 Å². The van der Waals surface area contributed by atoms with Gasteiger partial charge in [0.25, 0.3) is 5.91 Å². The summed E-state index contributed by atoms with van der Waals surface area (Å²) in [7, 11) is 0. The molecule has 1 aromatic heterocycles. The minimum atomic E-state index is -1.19. The van der Waals surface area contributed by atoms with Gasteiger partial charge >= 0.3 is 6.09 Å². The number of nitrogens with one attached hydrogen (secondary N) is 2. The van der Waals surface area contributed by atoms with Crippen molar-refractivity contribution in [1.82, 2.24) is 14.9 Å². The molecule has 32 heavy (non-hydrogen) atoms. The van der Waals surface area contributed by atoms with E-state index in [0.29, 0.717) is 29.2 Å². The lowest BCUT2D eigenvalue weighted by Crippen LogP contribution is -2.43. The van der Waals surface area contributed by atoms with Gasteiger partial charge in [-0.1, -0.05) is 24.3 Å². The molecular weight excluding hydrogens is 410 g/mol. The molecular formula is C22H21N7O3. The molecule has 2 aromatic rings. The molecule has 0 spiro atoms. The Morgan fingerprint density at radius 2 is 2.16 bits per heavy atom. The number of allylic oxidation sites excluding steroid dienone is 1. The van der Waals surface area contributed by atoms with E-state index < -0.39 is 18.0 Å². The lowest BCUT2D eigenvalue weighted by atomic mass is 10.1. The number of aryl methyl sites for hydroxylation is 1. The molecule has 4 rings (SSSR count). The van der Waals surface area contributed by atoms with Crippen LogP contribution in [0.3, 0.4) is 0 Å². The first-order chi connectivity index (χ1) is 15.4. The van der Waals surface area contributed by atoms with Crippen LogP contribution in [0.5, 0.6) is 0 Å². The number of rotatable bonds is 4. The molecule has 0 fully saturated rings. The van der Waals surface area contributed by atoms with Gasteiger partial charge in [-0.25, -0.2) is 14.8 Å². The van der Waals surface area contributed by atoms with Crippen LogP contribution in [0, 0.1) is 18.3 Å². The van der Waals surface area contributed by atoms with E-state index in [2.05, 4.69) is 26.7 Å². The Hall–Kier alpha value is -4.39. The Balaban J connectivity index is 1.67. The Kier molecular flexibility index (Phi) is 5.47. The standard InChI is InChI=1S/C22H21N7O3/c1-3-28-16-8-5-4-7-15(16)25-19(28)14(11-23)18-13(2)12-24-21(26-18)27-20(30)17-9-6-10-29(17)22(31)32/h4-9,12,17,25H,3,10H2,1-2H3,(H,31,32)(H,24,26,27,30)/b19-14+/t17-/m0/s1. The van der Waals surface area contributed by atoms with Crippen molar-refractivity contribution in [3.8, 4) is 6.07 Å². The predicted octanol–water partition coefficient (Wildman–Crippen LogP) is 2.79. The molecule has 2 amide bonds. The number of carbonyl (C=O) groups is 2. The number of aromatic nitrogens is 2. The molecule has 10 nitrogen and oxygen atoms in total. The number of nitriles is 1. The van der Waals surface area contributed by atoms with Gasteiger partial charge in [-0.05, 0) is 31.5 Å². The van der Waals surface area contributed by atoms with Gasteiger partial charge in [0.2, 0.25) is 5.95 Å². The fourth-order valence-corrected chi connectivity index (χ4v) is 3.76. The summed E-state index contributed by atoms with van der Waals surface area (Å²) in [4.78, 5) is 35.5. The first-order valence-corrected chi connectivity index (χ1v) is 10.0. The van der Waals surface area contributed by atoms with Crippen molar-refractivity contribution in [2.45, 2.75) is 19.9 Å². The van der Waals surface area contributed by atoms with Crippen molar-refractivity contribution in [2.24, 2.45) is 0 Å². The van der Waals surface area contributed by atoms with Crippen molar-refractivity contribution in [1.29, 1.82) is 5.26 Å².